The summed E-state index contributed by atoms with van der Waals surface area (Å²) >= 11 is 0. The predicted molar refractivity (Wildman–Crippen MR) is 54.3 cm³/mol. The van der Waals surface area contributed by atoms with E-state index in [1.54, 1.807) is 18.2 Å². The van der Waals surface area contributed by atoms with Gasteiger partial charge in [-0.2, -0.15) is 0 Å². The number of benzene rings is 1. The first kappa shape index (κ1) is 9.39. The van der Waals surface area contributed by atoms with Gasteiger partial charge in [0.25, 0.3) is 0 Å². The van der Waals surface area contributed by atoms with Crippen molar-refractivity contribution in [1.29, 1.82) is 0 Å². The lowest BCUT2D eigenvalue weighted by molar-refractivity contribution is -0.137. The molecule has 16 heavy (non-hydrogen) atoms. The third-order valence-corrected chi connectivity index (χ3v) is 3.11. The van der Waals surface area contributed by atoms with Gasteiger partial charge in [-0.05, 0) is 12.1 Å². The number of Topliss-reactive ketones (excluding diaryl/α,β-unsaturated/α-hetero) is 1. The molecule has 0 radical (unpaired) electrons. The highest BCUT2D eigenvalue weighted by Crippen LogP contribution is 2.40. The molecule has 1 spiro atoms. The molecule has 0 amide bonds. The molecule has 0 N–H and O–H groups in total. The van der Waals surface area contributed by atoms with Gasteiger partial charge in [0.2, 0.25) is 0 Å². The van der Waals surface area contributed by atoms with Crippen LogP contribution < -0.4 is 4.74 Å². The molecule has 1 saturated heterocycles. The third kappa shape index (κ3) is 1.16. The summed E-state index contributed by atoms with van der Waals surface area (Å²) in [5.41, 5.74) is -0.238. The van der Waals surface area contributed by atoms with Crippen molar-refractivity contribution in [3.05, 3.63) is 29.8 Å². The summed E-state index contributed by atoms with van der Waals surface area (Å²) in [4.78, 5) is 23.4. The average Bonchev–Trinajstić information content (AvgIpc) is 2.68. The average molecular weight is 218 g/mol. The molecular formula is C12H10O4. The Bertz CT molecular complexity index is 480. The minimum atomic E-state index is -0.786. The van der Waals surface area contributed by atoms with Crippen LogP contribution in [0, 0.1) is 5.41 Å². The second-order valence-electron chi connectivity index (χ2n) is 4.23. The summed E-state index contributed by atoms with van der Waals surface area (Å²) in [7, 11) is 0. The second kappa shape index (κ2) is 3.07. The maximum Gasteiger partial charge on any atom is 0.307 e. The molecule has 0 bridgehead atoms. The molecule has 3 rings (SSSR count). The molecule has 2 aliphatic heterocycles. The van der Waals surface area contributed by atoms with Crippen LogP contribution in [0.1, 0.15) is 16.8 Å². The molecule has 0 aromatic heterocycles. The zero-order chi connectivity index (χ0) is 11.2. The number of fused-ring (bicyclic) bond motifs is 1. The van der Waals surface area contributed by atoms with E-state index in [1.807, 2.05) is 6.07 Å². The summed E-state index contributed by atoms with van der Waals surface area (Å²) in [6.45, 7) is 0.369. The Morgan fingerprint density at radius 1 is 1.06 bits per heavy atom. The van der Waals surface area contributed by atoms with Crippen LogP contribution >= 0.6 is 0 Å². The topological polar surface area (TPSA) is 52.6 Å². The van der Waals surface area contributed by atoms with Crippen molar-refractivity contribution in [2.75, 3.05) is 13.2 Å². The van der Waals surface area contributed by atoms with Gasteiger partial charge in [-0.15, -0.1) is 0 Å². The van der Waals surface area contributed by atoms with Crippen LogP contribution in [0.3, 0.4) is 0 Å². The predicted octanol–water partition coefficient (Wildman–Crippen LogP) is 1.20. The smallest absolute Gasteiger partial charge is 0.307 e. The zero-order valence-electron chi connectivity index (χ0n) is 8.56. The fraction of sp³-hybridized carbons (Fsp3) is 0.333. The Kier molecular flexibility index (Phi) is 1.80. The molecule has 1 aromatic rings. The van der Waals surface area contributed by atoms with Crippen molar-refractivity contribution in [3.8, 4) is 5.75 Å². The van der Waals surface area contributed by atoms with Crippen LogP contribution in [-0.4, -0.2) is 25.0 Å². The second-order valence-corrected chi connectivity index (χ2v) is 4.23. The molecule has 1 fully saturated rings. The number of carbonyl (C=O) groups excluding carboxylic acids is 2. The Labute approximate surface area is 92.2 Å². The van der Waals surface area contributed by atoms with Gasteiger partial charge in [-0.1, -0.05) is 12.1 Å². The van der Waals surface area contributed by atoms with E-state index in [1.165, 1.54) is 0 Å². The molecule has 0 saturated carbocycles. The highest BCUT2D eigenvalue weighted by atomic mass is 16.5. The van der Waals surface area contributed by atoms with Gasteiger partial charge in [0.05, 0.1) is 12.0 Å². The van der Waals surface area contributed by atoms with Crippen LogP contribution in [-0.2, 0) is 9.53 Å². The quantitative estimate of drug-likeness (QED) is 0.614. The van der Waals surface area contributed by atoms with Crippen molar-refractivity contribution in [3.63, 3.8) is 0 Å². The number of cyclic esters (lactones) is 1. The normalized spacial score (nSPS) is 27.5. The van der Waals surface area contributed by atoms with Crippen molar-refractivity contribution in [2.45, 2.75) is 6.42 Å². The van der Waals surface area contributed by atoms with Crippen LogP contribution in [0.25, 0.3) is 0 Å². The molecule has 4 heteroatoms. The number of rotatable bonds is 0. The lowest BCUT2D eigenvalue weighted by Crippen LogP contribution is -2.41. The Hall–Kier alpha value is -1.84. The number of hydrogen-bond acceptors (Lipinski definition) is 4. The number of ketones is 1. The van der Waals surface area contributed by atoms with Crippen LogP contribution in [0.15, 0.2) is 24.3 Å². The molecule has 1 unspecified atom stereocenters. The number of hydrogen-bond donors (Lipinski definition) is 0. The Morgan fingerprint density at radius 2 is 1.81 bits per heavy atom. The van der Waals surface area contributed by atoms with Gasteiger partial charge < -0.3 is 9.47 Å². The highest BCUT2D eigenvalue weighted by molar-refractivity contribution is 6.06. The number of esters is 1. The van der Waals surface area contributed by atoms with Crippen molar-refractivity contribution < 1.29 is 19.1 Å². The standard InChI is InChI=1S/C12H10O4/c13-10-5-12(7-16-10)6-15-9-4-2-1-3-8(9)11(12)14/h1-4H,5-7H2. The summed E-state index contributed by atoms with van der Waals surface area (Å²) < 4.78 is 10.4. The maximum absolute atomic E-state index is 12.3. The van der Waals surface area contributed by atoms with E-state index in [-0.39, 0.29) is 31.4 Å². The van der Waals surface area contributed by atoms with Gasteiger partial charge >= 0.3 is 5.97 Å². The van der Waals surface area contributed by atoms with Crippen molar-refractivity contribution in [2.24, 2.45) is 5.41 Å². The van der Waals surface area contributed by atoms with Crippen LogP contribution in [0.5, 0.6) is 5.75 Å². The molecule has 1 aromatic carbocycles. The van der Waals surface area contributed by atoms with E-state index in [4.69, 9.17) is 9.47 Å². The van der Waals surface area contributed by atoms with Crippen LogP contribution in [0.4, 0.5) is 0 Å². The summed E-state index contributed by atoms with van der Waals surface area (Å²) in [5, 5.41) is 0. The summed E-state index contributed by atoms with van der Waals surface area (Å²) in [5.74, 6) is 0.231. The van der Waals surface area contributed by atoms with E-state index in [0.29, 0.717) is 11.3 Å². The molecule has 1 atom stereocenters. The molecule has 82 valence electrons. The summed E-state index contributed by atoms with van der Waals surface area (Å²) in [6, 6.07) is 7.09. The number of para-hydroxylation sites is 1. The molecule has 0 aliphatic carbocycles. The highest BCUT2D eigenvalue weighted by Gasteiger charge is 2.50. The largest absolute Gasteiger partial charge is 0.492 e. The fourth-order valence-corrected chi connectivity index (χ4v) is 2.18. The van der Waals surface area contributed by atoms with Crippen molar-refractivity contribution in [1.82, 2.24) is 0 Å². The zero-order valence-corrected chi connectivity index (χ0v) is 8.56. The van der Waals surface area contributed by atoms with Crippen LogP contribution in [0.2, 0.25) is 0 Å². The van der Waals surface area contributed by atoms with E-state index in [0.717, 1.165) is 0 Å². The molecule has 2 heterocycles. The Balaban J connectivity index is 2.04. The monoisotopic (exact) mass is 218 g/mol. The van der Waals surface area contributed by atoms with Gasteiger partial charge in [-0.3, -0.25) is 9.59 Å². The first-order valence-corrected chi connectivity index (χ1v) is 5.14. The van der Waals surface area contributed by atoms with Gasteiger partial charge in [0, 0.05) is 0 Å². The minimum Gasteiger partial charge on any atom is -0.492 e. The van der Waals surface area contributed by atoms with E-state index >= 15 is 0 Å². The molecular weight excluding hydrogens is 208 g/mol. The minimum absolute atomic E-state index is 0.0415. The maximum atomic E-state index is 12.3. The lowest BCUT2D eigenvalue weighted by Gasteiger charge is -2.30. The molecule has 2 aliphatic rings. The van der Waals surface area contributed by atoms with E-state index < -0.39 is 5.41 Å². The van der Waals surface area contributed by atoms with E-state index in [2.05, 4.69) is 0 Å². The number of ether oxygens (including phenoxy) is 2. The van der Waals surface area contributed by atoms with E-state index in [9.17, 15) is 9.59 Å². The van der Waals surface area contributed by atoms with Gasteiger partial charge in [-0.25, -0.2) is 0 Å². The number of carbonyl (C=O) groups is 2. The third-order valence-electron chi connectivity index (χ3n) is 3.11. The first-order chi connectivity index (χ1) is 7.71. The molecule has 4 nitrogen and oxygen atoms in total. The van der Waals surface area contributed by atoms with Gasteiger partial charge in [0.1, 0.15) is 24.4 Å². The summed E-state index contributed by atoms with van der Waals surface area (Å²) in [6.07, 6.45) is 0.125. The van der Waals surface area contributed by atoms with Gasteiger partial charge in [0.15, 0.2) is 5.78 Å². The fourth-order valence-electron chi connectivity index (χ4n) is 2.18. The first-order valence-electron chi connectivity index (χ1n) is 5.14. The Morgan fingerprint density at radius 3 is 2.56 bits per heavy atom. The van der Waals surface area contributed by atoms with Crippen molar-refractivity contribution >= 4 is 11.8 Å². The SMILES string of the molecule is O=C1CC2(CO1)COc1ccccc1C2=O. The lowest BCUT2D eigenvalue weighted by atomic mass is 9.78.